The molecular weight excluding hydrogens is 216 g/mol. The molecule has 0 aliphatic heterocycles. The largest absolute Gasteiger partial charge is 0.493 e. The minimum atomic E-state index is 0.0101. The summed E-state index contributed by atoms with van der Waals surface area (Å²) in [4.78, 5) is 10.8. The first kappa shape index (κ1) is 13.0. The normalized spacial score (nSPS) is 10.2. The number of carbonyl (C=O) groups excluding carboxylic acids is 1. The van der Waals surface area contributed by atoms with E-state index in [2.05, 4.69) is 6.58 Å². The van der Waals surface area contributed by atoms with Gasteiger partial charge in [-0.2, -0.15) is 0 Å². The van der Waals surface area contributed by atoms with Gasteiger partial charge in [0.05, 0.1) is 7.11 Å². The molecule has 0 heterocycles. The minimum absolute atomic E-state index is 0.0101. The molecule has 0 bridgehead atoms. The number of hydrogen-bond donors (Lipinski definition) is 0. The van der Waals surface area contributed by atoms with Crippen LogP contribution in [0.25, 0.3) is 6.08 Å². The summed E-state index contributed by atoms with van der Waals surface area (Å²) in [7, 11) is 1.58. The summed E-state index contributed by atoms with van der Waals surface area (Å²) in [6.07, 6.45) is 4.92. The molecule has 0 aliphatic carbocycles. The molecule has 0 radical (unpaired) electrons. The van der Waals surface area contributed by atoms with E-state index in [1.807, 2.05) is 18.2 Å². The van der Waals surface area contributed by atoms with Gasteiger partial charge in [0.2, 0.25) is 0 Å². The molecule has 0 atom stereocenters. The maximum atomic E-state index is 10.8. The van der Waals surface area contributed by atoms with E-state index in [0.29, 0.717) is 18.1 Å². The van der Waals surface area contributed by atoms with Crippen LogP contribution in [0, 0.1) is 0 Å². The highest BCUT2D eigenvalue weighted by Crippen LogP contribution is 2.28. The van der Waals surface area contributed by atoms with E-state index in [9.17, 15) is 4.79 Å². The average molecular weight is 232 g/mol. The van der Waals surface area contributed by atoms with Crippen LogP contribution in [0.3, 0.4) is 0 Å². The molecule has 0 unspecified atom stereocenters. The predicted octanol–water partition coefficient (Wildman–Crippen LogP) is 2.86. The Balaban J connectivity index is 2.91. The van der Waals surface area contributed by atoms with Gasteiger partial charge in [-0.15, -0.1) is 0 Å². The van der Waals surface area contributed by atoms with Crippen LogP contribution in [0.4, 0.5) is 0 Å². The summed E-state index contributed by atoms with van der Waals surface area (Å²) in [6.45, 7) is 5.52. The van der Waals surface area contributed by atoms with Crippen LogP contribution in [0.15, 0.2) is 36.9 Å². The molecule has 17 heavy (non-hydrogen) atoms. The second-order valence-corrected chi connectivity index (χ2v) is 3.45. The zero-order valence-corrected chi connectivity index (χ0v) is 10.1. The zero-order chi connectivity index (χ0) is 12.7. The summed E-state index contributed by atoms with van der Waals surface area (Å²) in [5.41, 5.74) is 0.892. The smallest absolute Gasteiger partial charge is 0.161 e. The fourth-order valence-corrected chi connectivity index (χ4v) is 1.27. The quantitative estimate of drug-likeness (QED) is 0.559. The molecule has 0 spiro atoms. The maximum Gasteiger partial charge on any atom is 0.161 e. The second-order valence-electron chi connectivity index (χ2n) is 3.45. The van der Waals surface area contributed by atoms with E-state index in [4.69, 9.17) is 9.47 Å². The van der Waals surface area contributed by atoms with Gasteiger partial charge >= 0.3 is 0 Å². The lowest BCUT2D eigenvalue weighted by Gasteiger charge is -2.09. The molecular formula is C14H16O3. The van der Waals surface area contributed by atoms with Gasteiger partial charge in [0.25, 0.3) is 0 Å². The number of ketones is 1. The molecule has 0 aromatic heterocycles. The van der Waals surface area contributed by atoms with Crippen LogP contribution in [-0.4, -0.2) is 19.5 Å². The highest BCUT2D eigenvalue weighted by Gasteiger charge is 2.03. The van der Waals surface area contributed by atoms with Crippen molar-refractivity contribution in [3.05, 3.63) is 42.5 Å². The Morgan fingerprint density at radius 3 is 2.76 bits per heavy atom. The lowest BCUT2D eigenvalue weighted by Crippen LogP contribution is -1.96. The summed E-state index contributed by atoms with van der Waals surface area (Å²) in [5, 5.41) is 0. The standard InChI is InChI=1S/C14H16O3/c1-4-9-17-13-8-7-12(6-5-11(2)15)10-14(13)16-3/h4-8,10H,1,9H2,2-3H3/b6-5+. The van der Waals surface area contributed by atoms with Crippen LogP contribution >= 0.6 is 0 Å². The molecule has 0 aliphatic rings. The van der Waals surface area contributed by atoms with Gasteiger partial charge in [-0.3, -0.25) is 4.79 Å². The van der Waals surface area contributed by atoms with Crippen molar-refractivity contribution in [3.63, 3.8) is 0 Å². The van der Waals surface area contributed by atoms with Crippen molar-refractivity contribution < 1.29 is 14.3 Å². The van der Waals surface area contributed by atoms with E-state index in [1.54, 1.807) is 19.3 Å². The number of hydrogen-bond acceptors (Lipinski definition) is 3. The molecule has 1 rings (SSSR count). The Morgan fingerprint density at radius 1 is 1.41 bits per heavy atom. The molecule has 0 amide bonds. The van der Waals surface area contributed by atoms with E-state index in [0.717, 1.165) is 5.56 Å². The molecule has 3 nitrogen and oxygen atoms in total. The minimum Gasteiger partial charge on any atom is -0.493 e. The first-order chi connectivity index (χ1) is 8.17. The van der Waals surface area contributed by atoms with Gasteiger partial charge in [-0.1, -0.05) is 24.8 Å². The van der Waals surface area contributed by atoms with Crippen molar-refractivity contribution in [2.45, 2.75) is 6.92 Å². The molecule has 0 saturated carbocycles. The van der Waals surface area contributed by atoms with Crippen LogP contribution in [0.1, 0.15) is 12.5 Å². The van der Waals surface area contributed by atoms with E-state index in [1.165, 1.54) is 13.0 Å². The van der Waals surface area contributed by atoms with E-state index < -0.39 is 0 Å². The Bertz CT molecular complexity index is 433. The van der Waals surface area contributed by atoms with E-state index in [-0.39, 0.29) is 5.78 Å². The molecule has 90 valence electrons. The fraction of sp³-hybridized carbons (Fsp3) is 0.214. The topological polar surface area (TPSA) is 35.5 Å². The lowest BCUT2D eigenvalue weighted by atomic mass is 10.2. The van der Waals surface area contributed by atoms with Crippen LogP contribution < -0.4 is 9.47 Å². The fourth-order valence-electron chi connectivity index (χ4n) is 1.27. The van der Waals surface area contributed by atoms with Gasteiger partial charge in [0.1, 0.15) is 6.61 Å². The van der Waals surface area contributed by atoms with Crippen molar-refractivity contribution in [3.8, 4) is 11.5 Å². The summed E-state index contributed by atoms with van der Waals surface area (Å²) >= 11 is 0. The number of ether oxygens (including phenoxy) is 2. The average Bonchev–Trinajstić information content (AvgIpc) is 2.34. The zero-order valence-electron chi connectivity index (χ0n) is 10.1. The first-order valence-electron chi connectivity index (χ1n) is 5.27. The Morgan fingerprint density at radius 2 is 2.18 bits per heavy atom. The van der Waals surface area contributed by atoms with Crippen LogP contribution in [-0.2, 0) is 4.79 Å². The number of methoxy groups -OCH3 is 1. The van der Waals surface area contributed by atoms with Gasteiger partial charge in [0, 0.05) is 0 Å². The molecule has 1 aromatic rings. The first-order valence-corrected chi connectivity index (χ1v) is 5.27. The SMILES string of the molecule is C=CCOc1ccc(/C=C/C(C)=O)cc1OC. The van der Waals surface area contributed by atoms with Crippen LogP contribution in [0.5, 0.6) is 11.5 Å². The molecule has 0 fully saturated rings. The number of rotatable bonds is 6. The Hall–Kier alpha value is -2.03. The van der Waals surface area contributed by atoms with E-state index >= 15 is 0 Å². The van der Waals surface area contributed by atoms with Crippen molar-refractivity contribution in [1.29, 1.82) is 0 Å². The molecule has 0 N–H and O–H groups in total. The van der Waals surface area contributed by atoms with Gasteiger partial charge in [0.15, 0.2) is 17.3 Å². The van der Waals surface area contributed by atoms with Crippen molar-refractivity contribution >= 4 is 11.9 Å². The predicted molar refractivity (Wildman–Crippen MR) is 68.4 cm³/mol. The monoisotopic (exact) mass is 232 g/mol. The Kier molecular flexibility index (Phi) is 5.01. The highest BCUT2D eigenvalue weighted by molar-refractivity contribution is 5.91. The summed E-state index contributed by atoms with van der Waals surface area (Å²) < 4.78 is 10.6. The number of benzene rings is 1. The Labute approximate surface area is 101 Å². The molecule has 3 heteroatoms. The third-order valence-corrected chi connectivity index (χ3v) is 2.05. The van der Waals surface area contributed by atoms with Gasteiger partial charge in [-0.25, -0.2) is 0 Å². The third kappa shape index (κ3) is 4.15. The molecule has 0 saturated heterocycles. The van der Waals surface area contributed by atoms with Crippen molar-refractivity contribution in [2.75, 3.05) is 13.7 Å². The van der Waals surface area contributed by atoms with Gasteiger partial charge in [-0.05, 0) is 30.7 Å². The molecule has 1 aromatic carbocycles. The summed E-state index contributed by atoms with van der Waals surface area (Å²) in [5.74, 6) is 1.31. The number of carbonyl (C=O) groups is 1. The van der Waals surface area contributed by atoms with Gasteiger partial charge < -0.3 is 9.47 Å². The maximum absolute atomic E-state index is 10.8. The lowest BCUT2D eigenvalue weighted by molar-refractivity contribution is -0.112. The van der Waals surface area contributed by atoms with Crippen molar-refractivity contribution in [2.24, 2.45) is 0 Å². The highest BCUT2D eigenvalue weighted by atomic mass is 16.5. The summed E-state index contributed by atoms with van der Waals surface area (Å²) in [6, 6.07) is 5.49. The second kappa shape index (κ2) is 6.53. The third-order valence-electron chi connectivity index (χ3n) is 2.05. The van der Waals surface area contributed by atoms with Crippen LogP contribution in [0.2, 0.25) is 0 Å². The number of allylic oxidation sites excluding steroid dienone is 1. The van der Waals surface area contributed by atoms with Crippen molar-refractivity contribution in [1.82, 2.24) is 0 Å².